The van der Waals surface area contributed by atoms with Gasteiger partial charge in [0.1, 0.15) is 11.2 Å². The van der Waals surface area contributed by atoms with Gasteiger partial charge in [0, 0.05) is 60.5 Å². The molecule has 3 aliphatic heterocycles. The Labute approximate surface area is 327 Å². The maximum Gasteiger partial charge on any atom is 0.333 e. The van der Waals surface area contributed by atoms with Crippen molar-refractivity contribution in [2.24, 2.45) is 0 Å². The molecule has 0 N–H and O–H groups in total. The third kappa shape index (κ3) is 3.11. The van der Waals surface area contributed by atoms with E-state index in [1.54, 1.807) is 0 Å². The smallest absolute Gasteiger partial charge is 0.333 e. The van der Waals surface area contributed by atoms with Crippen LogP contribution in [0.3, 0.4) is 0 Å². The van der Waals surface area contributed by atoms with Crippen molar-refractivity contribution >= 4 is 89.4 Å². The lowest BCUT2D eigenvalue weighted by Crippen LogP contribution is -2.58. The summed E-state index contributed by atoms with van der Waals surface area (Å²) in [5.41, 5.74) is 20.7. The minimum atomic E-state index is -0.494. The second-order valence-corrected chi connectivity index (χ2v) is 16.3. The third-order valence-corrected chi connectivity index (χ3v) is 13.9. The lowest BCUT2D eigenvalue weighted by molar-refractivity contribution is 0.670. The van der Waals surface area contributed by atoms with E-state index in [2.05, 4.69) is 185 Å². The highest BCUT2D eigenvalue weighted by molar-refractivity contribution is 6.90. The molecule has 3 nitrogen and oxygen atoms in total. The van der Waals surface area contributed by atoms with Gasteiger partial charge in [0.25, 0.3) is 0 Å². The molecule has 4 heteroatoms. The van der Waals surface area contributed by atoms with Gasteiger partial charge >= 0.3 is 6.85 Å². The van der Waals surface area contributed by atoms with Crippen molar-refractivity contribution in [1.29, 1.82) is 0 Å². The number of anilines is 3. The summed E-state index contributed by atoms with van der Waals surface area (Å²) < 4.78 is 9.71. The molecule has 15 rings (SSSR count). The molecule has 0 saturated heterocycles. The van der Waals surface area contributed by atoms with Crippen molar-refractivity contribution in [3.05, 3.63) is 198 Å². The molecule has 260 valence electrons. The molecule has 0 unspecified atom stereocenters. The SMILES string of the molecule is c1ccc2c(c1)-c1ccccc1C21c2ccccc2N2c3cc4c(oc5ccccc54)c4c3B(c3cccc1c32)n1c2c-4cccc2c2ccc3ccccc3c21. The number of hydrogen-bond donors (Lipinski definition) is 0. The number of nitrogens with zero attached hydrogens (tertiary/aromatic N) is 2. The molecule has 1 spiro atoms. The number of furan rings is 1. The van der Waals surface area contributed by atoms with Gasteiger partial charge in [0.15, 0.2) is 0 Å². The maximum absolute atomic E-state index is 7.00. The Hall–Kier alpha value is -7.30. The zero-order valence-electron chi connectivity index (χ0n) is 30.6. The second-order valence-electron chi connectivity index (χ2n) is 16.3. The van der Waals surface area contributed by atoms with E-state index in [1.807, 2.05) is 0 Å². The normalized spacial score (nSPS) is 14.7. The summed E-state index contributed by atoms with van der Waals surface area (Å²) in [5, 5.41) is 7.39. The van der Waals surface area contributed by atoms with Crippen molar-refractivity contribution in [3.63, 3.8) is 0 Å². The fourth-order valence-corrected chi connectivity index (χ4v) is 12.0. The Morgan fingerprint density at radius 1 is 0.456 bits per heavy atom. The Bertz CT molecular complexity index is 3640. The van der Waals surface area contributed by atoms with Crippen molar-refractivity contribution in [3.8, 4) is 22.3 Å². The Morgan fingerprint density at radius 2 is 1.11 bits per heavy atom. The first kappa shape index (κ1) is 29.1. The summed E-state index contributed by atoms with van der Waals surface area (Å²) in [4.78, 5) is 2.63. The number of hydrogen-bond acceptors (Lipinski definition) is 2. The van der Waals surface area contributed by atoms with Crippen LogP contribution in [0.5, 0.6) is 0 Å². The van der Waals surface area contributed by atoms with Gasteiger partial charge in [-0.1, -0.05) is 158 Å². The topological polar surface area (TPSA) is 21.3 Å². The molecule has 0 saturated carbocycles. The van der Waals surface area contributed by atoms with E-state index < -0.39 is 5.41 Å². The molecule has 0 fully saturated rings. The number of fused-ring (bicyclic) bond motifs is 22. The fourth-order valence-electron chi connectivity index (χ4n) is 12.0. The van der Waals surface area contributed by atoms with Crippen LogP contribution in [0.1, 0.15) is 22.3 Å². The van der Waals surface area contributed by atoms with Gasteiger partial charge < -0.3 is 13.8 Å². The summed E-state index contributed by atoms with van der Waals surface area (Å²) >= 11 is 0. The van der Waals surface area contributed by atoms with Crippen LogP contribution in [-0.2, 0) is 5.41 Å². The molecule has 1 aliphatic carbocycles. The molecule has 5 heterocycles. The number of benzene rings is 9. The molecule has 2 aromatic heterocycles. The second kappa shape index (κ2) is 9.73. The van der Waals surface area contributed by atoms with E-state index in [1.165, 1.54) is 105 Å². The molecule has 4 aliphatic rings. The van der Waals surface area contributed by atoms with E-state index in [0.29, 0.717) is 0 Å². The largest absolute Gasteiger partial charge is 0.455 e. The standard InChI is InChI=1S/C53H29BN2O/c1-2-14-31-30(13-1)27-28-36-35-18-11-19-37-47-48-45(29-38-34-17-5-10-26-46(34)57-52(38)47)55-44-25-9-8-22-41(44)53(39-20-6-3-15-32(39)33-16-4-7-21-40(33)53)42-23-12-24-43(51(42)55)54(48)56(49(31)36)50(35)37/h1-29H. The van der Waals surface area contributed by atoms with Crippen LogP contribution in [0, 0.1) is 0 Å². The molecular formula is C53H29BN2O. The van der Waals surface area contributed by atoms with Crippen LogP contribution >= 0.6 is 0 Å². The van der Waals surface area contributed by atoms with E-state index >= 15 is 0 Å². The van der Waals surface area contributed by atoms with Crippen LogP contribution in [-0.4, -0.2) is 11.3 Å². The summed E-state index contributed by atoms with van der Waals surface area (Å²) in [5.74, 6) is 0. The highest BCUT2D eigenvalue weighted by atomic mass is 16.3. The molecule has 9 aromatic carbocycles. The highest BCUT2D eigenvalue weighted by Crippen LogP contribution is 2.64. The maximum atomic E-state index is 7.00. The van der Waals surface area contributed by atoms with Gasteiger partial charge in [-0.3, -0.25) is 0 Å². The van der Waals surface area contributed by atoms with E-state index in [9.17, 15) is 0 Å². The van der Waals surface area contributed by atoms with Crippen LogP contribution < -0.4 is 15.8 Å². The highest BCUT2D eigenvalue weighted by Gasteiger charge is 2.55. The van der Waals surface area contributed by atoms with Gasteiger partial charge in [0.2, 0.25) is 0 Å². The lowest BCUT2D eigenvalue weighted by atomic mass is 9.44. The molecular weight excluding hydrogens is 691 g/mol. The van der Waals surface area contributed by atoms with Crippen LogP contribution in [0.25, 0.3) is 76.8 Å². The van der Waals surface area contributed by atoms with E-state index in [-0.39, 0.29) is 6.85 Å². The molecule has 0 bridgehead atoms. The Balaban J connectivity index is 1.20. The Kier molecular flexibility index (Phi) is 4.96. The molecule has 0 amide bonds. The lowest BCUT2D eigenvalue weighted by Gasteiger charge is -2.49. The minimum Gasteiger partial charge on any atom is -0.455 e. The number of para-hydroxylation sites is 4. The van der Waals surface area contributed by atoms with Gasteiger partial charge in [-0.25, -0.2) is 0 Å². The molecule has 0 radical (unpaired) electrons. The quantitative estimate of drug-likeness (QED) is 0.146. The minimum absolute atomic E-state index is 0.103. The average Bonchev–Trinajstić information content (AvgIpc) is 3.92. The monoisotopic (exact) mass is 720 g/mol. The Morgan fingerprint density at radius 3 is 1.96 bits per heavy atom. The summed E-state index contributed by atoms with van der Waals surface area (Å²) in [6, 6.07) is 66.1. The van der Waals surface area contributed by atoms with Crippen LogP contribution in [0.15, 0.2) is 180 Å². The van der Waals surface area contributed by atoms with Gasteiger partial charge in [0.05, 0.1) is 11.1 Å². The number of rotatable bonds is 0. The first-order valence-electron chi connectivity index (χ1n) is 20.0. The summed E-state index contributed by atoms with van der Waals surface area (Å²) in [6.45, 7) is -0.103. The molecule has 11 aromatic rings. The molecule has 57 heavy (non-hydrogen) atoms. The van der Waals surface area contributed by atoms with Gasteiger partial charge in [-0.2, -0.15) is 0 Å². The van der Waals surface area contributed by atoms with E-state index in [4.69, 9.17) is 4.42 Å². The first-order chi connectivity index (χ1) is 28.3. The average molecular weight is 721 g/mol. The van der Waals surface area contributed by atoms with Gasteiger partial charge in [-0.05, 0) is 67.9 Å². The van der Waals surface area contributed by atoms with Crippen LogP contribution in [0.4, 0.5) is 17.1 Å². The summed E-state index contributed by atoms with van der Waals surface area (Å²) in [6.07, 6.45) is 0. The zero-order chi connectivity index (χ0) is 36.7. The summed E-state index contributed by atoms with van der Waals surface area (Å²) in [7, 11) is 0. The first-order valence-corrected chi connectivity index (χ1v) is 20.0. The van der Waals surface area contributed by atoms with Crippen molar-refractivity contribution in [2.45, 2.75) is 5.41 Å². The number of aromatic nitrogens is 1. The van der Waals surface area contributed by atoms with Crippen LogP contribution in [0.2, 0.25) is 0 Å². The predicted octanol–water partition coefficient (Wildman–Crippen LogP) is 11.9. The zero-order valence-corrected chi connectivity index (χ0v) is 30.6. The van der Waals surface area contributed by atoms with Crippen molar-refractivity contribution in [1.82, 2.24) is 4.48 Å². The van der Waals surface area contributed by atoms with E-state index in [0.717, 1.165) is 21.9 Å². The molecule has 0 atom stereocenters. The van der Waals surface area contributed by atoms with Gasteiger partial charge in [-0.15, -0.1) is 0 Å². The third-order valence-electron chi connectivity index (χ3n) is 13.9. The fraction of sp³-hybridized carbons (Fsp3) is 0.0189. The van der Waals surface area contributed by atoms with Crippen molar-refractivity contribution < 1.29 is 4.42 Å². The van der Waals surface area contributed by atoms with Crippen molar-refractivity contribution in [2.75, 3.05) is 4.90 Å². The predicted molar refractivity (Wildman–Crippen MR) is 236 cm³/mol.